The molecule has 0 saturated heterocycles. The number of likely N-dealkylation sites (N-methyl/N-ethyl adjacent to an activating group) is 1. The molecule has 194 valence electrons. The van der Waals surface area contributed by atoms with Gasteiger partial charge in [0.05, 0.1) is 12.0 Å². The first-order valence-corrected chi connectivity index (χ1v) is 11.5. The second-order valence-electron chi connectivity index (χ2n) is 8.24. The lowest BCUT2D eigenvalue weighted by Crippen LogP contribution is -2.40. The summed E-state index contributed by atoms with van der Waals surface area (Å²) in [5.41, 5.74) is 0.758. The average Bonchev–Trinajstić information content (AvgIpc) is 2.79. The highest BCUT2D eigenvalue weighted by atomic mass is 19.4. The molecule has 2 aromatic rings. The van der Waals surface area contributed by atoms with Crippen LogP contribution in [0.3, 0.4) is 0 Å². The van der Waals surface area contributed by atoms with Gasteiger partial charge in [0.25, 0.3) is 0 Å². The van der Waals surface area contributed by atoms with Gasteiger partial charge in [-0.05, 0) is 60.2 Å². The van der Waals surface area contributed by atoms with E-state index < -0.39 is 36.0 Å². The molecule has 5 nitrogen and oxygen atoms in total. The highest BCUT2D eigenvalue weighted by molar-refractivity contribution is 5.74. The summed E-state index contributed by atoms with van der Waals surface area (Å²) in [6.07, 6.45) is -2.94. The number of halogens is 4. The fraction of sp³-hybridized carbons (Fsp3) is 0.333. The molecule has 0 fully saturated rings. The molecule has 0 aromatic heterocycles. The normalized spacial score (nSPS) is 12.4. The Balaban J connectivity index is 2.34. The van der Waals surface area contributed by atoms with E-state index in [1.807, 2.05) is 30.3 Å². The number of allylic oxidation sites excluding steroid dienone is 3. The Hall–Kier alpha value is -3.62. The number of alkyl halides is 3. The van der Waals surface area contributed by atoms with E-state index in [1.54, 1.807) is 13.8 Å². The first-order valence-electron chi connectivity index (χ1n) is 11.5. The van der Waals surface area contributed by atoms with Gasteiger partial charge < -0.3 is 15.3 Å². The maximum absolute atomic E-state index is 14.1. The summed E-state index contributed by atoms with van der Waals surface area (Å²) in [6, 6.07) is 12.4. The number of hydrogen-bond donors (Lipinski definition) is 2. The van der Waals surface area contributed by atoms with Crippen molar-refractivity contribution in [3.8, 4) is 0 Å². The zero-order chi connectivity index (χ0) is 26.7. The first kappa shape index (κ1) is 28.6. The molecule has 0 bridgehead atoms. The third-order valence-corrected chi connectivity index (χ3v) is 5.26. The van der Waals surface area contributed by atoms with Crippen LogP contribution < -0.4 is 5.32 Å². The van der Waals surface area contributed by atoms with Crippen molar-refractivity contribution in [2.24, 2.45) is 0 Å². The van der Waals surface area contributed by atoms with E-state index in [0.717, 1.165) is 29.8 Å². The van der Waals surface area contributed by atoms with Crippen molar-refractivity contribution in [2.75, 3.05) is 13.1 Å². The number of rotatable bonds is 11. The van der Waals surface area contributed by atoms with Crippen molar-refractivity contribution in [1.82, 2.24) is 10.2 Å². The van der Waals surface area contributed by atoms with Gasteiger partial charge in [0, 0.05) is 19.6 Å². The van der Waals surface area contributed by atoms with Crippen molar-refractivity contribution >= 4 is 12.0 Å². The Morgan fingerprint density at radius 1 is 1.00 bits per heavy atom. The Kier molecular flexibility index (Phi) is 10.7. The van der Waals surface area contributed by atoms with E-state index in [9.17, 15) is 27.2 Å². The summed E-state index contributed by atoms with van der Waals surface area (Å²) in [7, 11) is 0. The Bertz CT molecular complexity index is 1100. The number of carboxylic acid groups (broad SMARTS) is 1. The van der Waals surface area contributed by atoms with Crippen molar-refractivity contribution in [3.05, 3.63) is 94.3 Å². The van der Waals surface area contributed by atoms with Gasteiger partial charge in [0.15, 0.2) is 0 Å². The van der Waals surface area contributed by atoms with Crippen molar-refractivity contribution in [2.45, 2.75) is 45.8 Å². The fourth-order valence-corrected chi connectivity index (χ4v) is 3.66. The van der Waals surface area contributed by atoms with E-state index in [2.05, 4.69) is 5.32 Å². The number of nitrogens with zero attached hydrogens (tertiary/aromatic N) is 1. The highest BCUT2D eigenvalue weighted by Gasteiger charge is 2.32. The van der Waals surface area contributed by atoms with Crippen LogP contribution in [0.5, 0.6) is 0 Å². The van der Waals surface area contributed by atoms with Crippen LogP contribution >= 0.6 is 0 Å². The monoisotopic (exact) mass is 506 g/mol. The molecule has 0 atom stereocenters. The van der Waals surface area contributed by atoms with Gasteiger partial charge in [-0.15, -0.1) is 0 Å². The lowest BCUT2D eigenvalue weighted by atomic mass is 9.98. The van der Waals surface area contributed by atoms with Crippen LogP contribution in [0.1, 0.15) is 37.0 Å². The van der Waals surface area contributed by atoms with Gasteiger partial charge in [-0.1, -0.05) is 49.4 Å². The Morgan fingerprint density at radius 2 is 1.64 bits per heavy atom. The number of carbonyl (C=O) groups excluding carboxylic acids is 1. The number of carbonyl (C=O) groups is 2. The minimum Gasteiger partial charge on any atom is -0.481 e. The fourth-order valence-electron chi connectivity index (χ4n) is 3.66. The van der Waals surface area contributed by atoms with Crippen molar-refractivity contribution in [3.63, 3.8) is 0 Å². The van der Waals surface area contributed by atoms with Crippen molar-refractivity contribution in [1.29, 1.82) is 0 Å². The number of aliphatic carboxylic acids is 1. The molecule has 0 radical (unpaired) electrons. The number of amides is 2. The van der Waals surface area contributed by atoms with E-state index in [-0.39, 0.29) is 43.6 Å². The van der Waals surface area contributed by atoms with E-state index >= 15 is 0 Å². The average molecular weight is 507 g/mol. The Morgan fingerprint density at radius 3 is 2.19 bits per heavy atom. The van der Waals surface area contributed by atoms with Crippen LogP contribution in [-0.4, -0.2) is 41.3 Å². The molecule has 0 aliphatic heterocycles. The number of hydrogen-bond acceptors (Lipinski definition) is 2. The molecule has 2 amide bonds. The lowest BCUT2D eigenvalue weighted by Gasteiger charge is -2.24. The third kappa shape index (κ3) is 9.56. The molecular formula is C27H30F4N2O3. The quantitative estimate of drug-likeness (QED) is 0.288. The van der Waals surface area contributed by atoms with Crippen LogP contribution in [0, 0.1) is 5.82 Å². The zero-order valence-electron chi connectivity index (χ0n) is 20.2. The Labute approximate surface area is 208 Å². The SMILES string of the molecule is CC/C=C(\C=C(/Cc1cc(F)cc(CC(=O)O)c1)CN(CC)C(=O)NCc1ccccc1)C(F)(F)F. The molecule has 0 unspecified atom stereocenters. The van der Waals surface area contributed by atoms with E-state index in [1.165, 1.54) is 11.0 Å². The minimum absolute atomic E-state index is 0.0933. The summed E-state index contributed by atoms with van der Waals surface area (Å²) >= 11 is 0. The number of urea groups is 1. The summed E-state index contributed by atoms with van der Waals surface area (Å²) in [5, 5.41) is 11.8. The number of benzene rings is 2. The molecule has 9 heteroatoms. The van der Waals surface area contributed by atoms with Crippen LogP contribution in [0.25, 0.3) is 0 Å². The molecule has 2 aromatic carbocycles. The van der Waals surface area contributed by atoms with Gasteiger partial charge >= 0.3 is 18.2 Å². The predicted molar refractivity (Wildman–Crippen MR) is 130 cm³/mol. The molecule has 2 rings (SSSR count). The summed E-state index contributed by atoms with van der Waals surface area (Å²) in [4.78, 5) is 25.2. The maximum Gasteiger partial charge on any atom is 0.416 e. The second-order valence-corrected chi connectivity index (χ2v) is 8.24. The molecule has 0 spiro atoms. The lowest BCUT2D eigenvalue weighted by molar-refractivity contribution is -0.136. The molecule has 0 aliphatic carbocycles. The zero-order valence-corrected chi connectivity index (χ0v) is 20.2. The maximum atomic E-state index is 14.1. The summed E-state index contributed by atoms with van der Waals surface area (Å²) in [6.45, 7) is 3.64. The van der Waals surface area contributed by atoms with Gasteiger partial charge in [-0.3, -0.25) is 4.79 Å². The summed E-state index contributed by atoms with van der Waals surface area (Å²) < 4.78 is 55.0. The molecule has 0 aliphatic rings. The van der Waals surface area contributed by atoms with Crippen molar-refractivity contribution < 1.29 is 32.3 Å². The highest BCUT2D eigenvalue weighted by Crippen LogP contribution is 2.29. The number of carboxylic acids is 1. The second kappa shape index (κ2) is 13.5. The van der Waals surface area contributed by atoms with Gasteiger partial charge in [-0.2, -0.15) is 13.2 Å². The van der Waals surface area contributed by atoms with Gasteiger partial charge in [0.1, 0.15) is 5.82 Å². The predicted octanol–water partition coefficient (Wildman–Crippen LogP) is 6.05. The smallest absolute Gasteiger partial charge is 0.416 e. The molecular weight excluding hydrogens is 476 g/mol. The van der Waals surface area contributed by atoms with Gasteiger partial charge in [0.2, 0.25) is 0 Å². The first-order chi connectivity index (χ1) is 17.0. The van der Waals surface area contributed by atoms with Crippen LogP contribution in [0.2, 0.25) is 0 Å². The van der Waals surface area contributed by atoms with Crippen LogP contribution in [0.4, 0.5) is 22.4 Å². The third-order valence-electron chi connectivity index (χ3n) is 5.26. The molecule has 36 heavy (non-hydrogen) atoms. The topological polar surface area (TPSA) is 69.6 Å². The number of nitrogens with one attached hydrogen (secondary N) is 1. The summed E-state index contributed by atoms with van der Waals surface area (Å²) in [5.74, 6) is -1.84. The van der Waals surface area contributed by atoms with Crippen LogP contribution in [0.15, 0.2) is 71.8 Å². The minimum atomic E-state index is -4.61. The van der Waals surface area contributed by atoms with Crippen LogP contribution in [-0.2, 0) is 24.2 Å². The molecule has 0 heterocycles. The molecule has 0 saturated carbocycles. The molecule has 2 N–H and O–H groups in total. The van der Waals surface area contributed by atoms with E-state index in [0.29, 0.717) is 5.56 Å². The standard InChI is InChI=1S/C27H30F4N2O3/c1-3-8-23(27(29,30)31)13-22(12-20-11-21(16-25(34)35)15-24(28)14-20)18-33(4-2)26(36)32-17-19-9-6-5-7-10-19/h5-11,13-15H,3-4,12,16-18H2,1-2H3,(H,32,36)(H,34,35)/b22-13+,23-8+. The van der Waals surface area contributed by atoms with E-state index in [4.69, 9.17) is 5.11 Å². The largest absolute Gasteiger partial charge is 0.481 e. The van der Waals surface area contributed by atoms with Gasteiger partial charge in [-0.25, -0.2) is 9.18 Å².